The molecular weight excluding hydrogens is 260 g/mol. The SMILES string of the molecule is CSCCC1(c2ccccc2)C(=O)N(C)C(=O)N1C. The van der Waals surface area contributed by atoms with E-state index in [1.807, 2.05) is 36.6 Å². The van der Waals surface area contributed by atoms with E-state index in [9.17, 15) is 9.59 Å². The van der Waals surface area contributed by atoms with Gasteiger partial charge in [0.15, 0.2) is 0 Å². The van der Waals surface area contributed by atoms with Crippen molar-refractivity contribution in [3.8, 4) is 0 Å². The highest BCUT2D eigenvalue weighted by atomic mass is 32.2. The summed E-state index contributed by atoms with van der Waals surface area (Å²) >= 11 is 1.68. The molecule has 19 heavy (non-hydrogen) atoms. The molecule has 1 aliphatic rings. The van der Waals surface area contributed by atoms with E-state index in [0.717, 1.165) is 11.3 Å². The second-order valence-corrected chi connectivity index (χ2v) is 5.66. The Morgan fingerprint density at radius 2 is 1.79 bits per heavy atom. The van der Waals surface area contributed by atoms with Crippen LogP contribution < -0.4 is 0 Å². The maximum Gasteiger partial charge on any atom is 0.327 e. The molecule has 0 spiro atoms. The first-order valence-corrected chi connectivity index (χ1v) is 7.55. The van der Waals surface area contributed by atoms with E-state index in [4.69, 9.17) is 0 Å². The third kappa shape index (κ3) is 2.02. The van der Waals surface area contributed by atoms with Crippen LogP contribution >= 0.6 is 11.8 Å². The van der Waals surface area contributed by atoms with Gasteiger partial charge in [-0.25, -0.2) is 4.79 Å². The van der Waals surface area contributed by atoms with Crippen LogP contribution in [0.25, 0.3) is 0 Å². The lowest BCUT2D eigenvalue weighted by atomic mass is 9.86. The van der Waals surface area contributed by atoms with E-state index in [1.165, 1.54) is 4.90 Å². The standard InChI is InChI=1S/C14H18N2O2S/c1-15-12(17)14(9-10-19-3,16(2)13(15)18)11-7-5-4-6-8-11/h4-8H,9-10H2,1-3H3. The quantitative estimate of drug-likeness (QED) is 0.792. The van der Waals surface area contributed by atoms with Gasteiger partial charge < -0.3 is 4.90 Å². The normalized spacial score (nSPS) is 23.3. The molecule has 1 aromatic rings. The number of carbonyl (C=O) groups is 2. The zero-order chi connectivity index (χ0) is 14.0. The van der Waals surface area contributed by atoms with Gasteiger partial charge in [0, 0.05) is 14.1 Å². The zero-order valence-corrected chi connectivity index (χ0v) is 12.2. The van der Waals surface area contributed by atoms with Gasteiger partial charge in [0.2, 0.25) is 0 Å². The fourth-order valence-electron chi connectivity index (χ4n) is 2.60. The van der Waals surface area contributed by atoms with Crippen molar-refractivity contribution in [3.05, 3.63) is 35.9 Å². The van der Waals surface area contributed by atoms with Gasteiger partial charge in [-0.2, -0.15) is 11.8 Å². The van der Waals surface area contributed by atoms with Gasteiger partial charge in [0.1, 0.15) is 5.54 Å². The lowest BCUT2D eigenvalue weighted by molar-refractivity contribution is -0.132. The lowest BCUT2D eigenvalue weighted by Gasteiger charge is -2.33. The number of hydrogen-bond donors (Lipinski definition) is 0. The summed E-state index contributed by atoms with van der Waals surface area (Å²) in [6.07, 6.45) is 2.63. The van der Waals surface area contributed by atoms with Gasteiger partial charge in [-0.05, 0) is 24.0 Å². The molecule has 1 aromatic carbocycles. The number of rotatable bonds is 4. The summed E-state index contributed by atoms with van der Waals surface area (Å²) in [5.74, 6) is 0.687. The Labute approximate surface area is 117 Å². The zero-order valence-electron chi connectivity index (χ0n) is 11.4. The van der Waals surface area contributed by atoms with E-state index < -0.39 is 5.54 Å². The van der Waals surface area contributed by atoms with E-state index in [2.05, 4.69) is 0 Å². The minimum absolute atomic E-state index is 0.139. The summed E-state index contributed by atoms with van der Waals surface area (Å²) in [5.41, 5.74) is 0.0325. The summed E-state index contributed by atoms with van der Waals surface area (Å²) < 4.78 is 0. The average Bonchev–Trinajstić information content (AvgIpc) is 2.61. The second-order valence-electron chi connectivity index (χ2n) is 4.67. The first kappa shape index (κ1) is 13.9. The Kier molecular flexibility index (Phi) is 3.85. The van der Waals surface area contributed by atoms with Crippen LogP contribution in [0.3, 0.4) is 0 Å². The van der Waals surface area contributed by atoms with Crippen LogP contribution in [-0.4, -0.2) is 47.8 Å². The van der Waals surface area contributed by atoms with Crippen LogP contribution in [0, 0.1) is 0 Å². The maximum atomic E-state index is 12.6. The smallest absolute Gasteiger partial charge is 0.308 e. The largest absolute Gasteiger partial charge is 0.327 e. The second kappa shape index (κ2) is 5.25. The van der Waals surface area contributed by atoms with E-state index >= 15 is 0 Å². The molecule has 1 fully saturated rings. The third-order valence-electron chi connectivity index (χ3n) is 3.72. The molecule has 0 bridgehead atoms. The summed E-state index contributed by atoms with van der Waals surface area (Å²) in [6.45, 7) is 0. The Bertz CT molecular complexity index is 491. The highest BCUT2D eigenvalue weighted by Crippen LogP contribution is 2.39. The monoisotopic (exact) mass is 278 g/mol. The number of imide groups is 1. The number of benzene rings is 1. The first-order chi connectivity index (χ1) is 9.05. The third-order valence-corrected chi connectivity index (χ3v) is 4.34. The molecule has 2 rings (SSSR count). The molecule has 1 atom stereocenters. The van der Waals surface area contributed by atoms with Crippen LogP contribution in [0.2, 0.25) is 0 Å². The van der Waals surface area contributed by atoms with Crippen molar-refractivity contribution in [2.24, 2.45) is 0 Å². The molecule has 0 aliphatic carbocycles. The molecule has 0 radical (unpaired) electrons. The number of urea groups is 1. The van der Waals surface area contributed by atoms with Gasteiger partial charge in [0.25, 0.3) is 5.91 Å². The van der Waals surface area contributed by atoms with Gasteiger partial charge in [-0.15, -0.1) is 0 Å². The molecule has 3 amide bonds. The van der Waals surface area contributed by atoms with Crippen molar-refractivity contribution in [1.82, 2.24) is 9.80 Å². The van der Waals surface area contributed by atoms with Gasteiger partial charge in [-0.1, -0.05) is 30.3 Å². The number of thioether (sulfide) groups is 1. The fraction of sp³-hybridized carbons (Fsp3) is 0.429. The molecule has 1 unspecified atom stereocenters. The predicted molar refractivity (Wildman–Crippen MR) is 77.0 cm³/mol. The molecule has 1 aliphatic heterocycles. The topological polar surface area (TPSA) is 40.6 Å². The summed E-state index contributed by atoms with van der Waals surface area (Å²) in [5, 5.41) is 0. The van der Waals surface area contributed by atoms with Crippen molar-refractivity contribution in [3.63, 3.8) is 0 Å². The van der Waals surface area contributed by atoms with Crippen molar-refractivity contribution >= 4 is 23.7 Å². The highest BCUT2D eigenvalue weighted by Gasteiger charge is 2.54. The Hall–Kier alpha value is -1.49. The number of amides is 3. The minimum Gasteiger partial charge on any atom is -0.308 e. The van der Waals surface area contributed by atoms with Gasteiger partial charge in [0.05, 0.1) is 0 Å². The number of likely N-dealkylation sites (N-methyl/N-ethyl adjacent to an activating group) is 2. The number of nitrogens with zero attached hydrogens (tertiary/aromatic N) is 2. The fourth-order valence-corrected chi connectivity index (χ4v) is 3.10. The van der Waals surface area contributed by atoms with Crippen molar-refractivity contribution in [2.45, 2.75) is 12.0 Å². The van der Waals surface area contributed by atoms with Gasteiger partial charge >= 0.3 is 6.03 Å². The van der Waals surface area contributed by atoms with Crippen LogP contribution in [0.5, 0.6) is 0 Å². The van der Waals surface area contributed by atoms with E-state index in [0.29, 0.717) is 6.42 Å². The molecule has 1 saturated heterocycles. The number of carbonyl (C=O) groups excluding carboxylic acids is 2. The summed E-state index contributed by atoms with van der Waals surface area (Å²) in [7, 11) is 3.25. The van der Waals surface area contributed by atoms with Crippen LogP contribution in [0.15, 0.2) is 30.3 Å². The van der Waals surface area contributed by atoms with Gasteiger partial charge in [-0.3, -0.25) is 9.69 Å². The lowest BCUT2D eigenvalue weighted by Crippen LogP contribution is -2.45. The minimum atomic E-state index is -0.851. The average molecular weight is 278 g/mol. The van der Waals surface area contributed by atoms with Crippen molar-refractivity contribution in [2.75, 3.05) is 26.1 Å². The molecule has 5 heteroatoms. The highest BCUT2D eigenvalue weighted by molar-refractivity contribution is 7.98. The van der Waals surface area contributed by atoms with E-state index in [-0.39, 0.29) is 11.9 Å². The van der Waals surface area contributed by atoms with Crippen LogP contribution in [0.4, 0.5) is 4.79 Å². The molecule has 102 valence electrons. The van der Waals surface area contributed by atoms with Crippen LogP contribution in [0.1, 0.15) is 12.0 Å². The summed E-state index contributed by atoms with van der Waals surface area (Å²) in [4.78, 5) is 27.5. The molecule has 0 N–H and O–H groups in total. The number of hydrogen-bond acceptors (Lipinski definition) is 3. The van der Waals surface area contributed by atoms with E-state index in [1.54, 1.807) is 30.8 Å². The first-order valence-electron chi connectivity index (χ1n) is 6.16. The van der Waals surface area contributed by atoms with Crippen molar-refractivity contribution < 1.29 is 9.59 Å². The van der Waals surface area contributed by atoms with Crippen molar-refractivity contribution in [1.29, 1.82) is 0 Å². The Morgan fingerprint density at radius 3 is 2.26 bits per heavy atom. The van der Waals surface area contributed by atoms with Crippen LogP contribution in [-0.2, 0) is 10.3 Å². The molecule has 1 heterocycles. The maximum absolute atomic E-state index is 12.6. The predicted octanol–water partition coefficient (Wildman–Crippen LogP) is 2.16. The molecule has 4 nitrogen and oxygen atoms in total. The molecular formula is C14H18N2O2S. The summed E-state index contributed by atoms with van der Waals surface area (Å²) in [6, 6.07) is 9.31. The molecule has 0 aromatic heterocycles. The Morgan fingerprint density at radius 1 is 1.16 bits per heavy atom. The molecule has 0 saturated carbocycles. The Balaban J connectivity index is 2.52.